The number of carbonyl (C=O) groups is 2. The van der Waals surface area contributed by atoms with E-state index in [1.807, 2.05) is 19.2 Å². The topological polar surface area (TPSA) is 64.7 Å². The molecule has 2 fully saturated rings. The number of amides is 3. The molecule has 3 amide bonds. The van der Waals surface area contributed by atoms with E-state index in [9.17, 15) is 22.8 Å². The van der Waals surface area contributed by atoms with Crippen molar-refractivity contribution in [2.45, 2.75) is 49.7 Å². The number of nitrogens with one attached hydrogen (secondary N) is 2. The molecule has 2 N–H and O–H groups in total. The summed E-state index contributed by atoms with van der Waals surface area (Å²) >= 11 is 0. The van der Waals surface area contributed by atoms with Crippen molar-refractivity contribution >= 4 is 17.6 Å². The van der Waals surface area contributed by atoms with Gasteiger partial charge in [0.15, 0.2) is 0 Å². The largest absolute Gasteiger partial charge is 0.416 e. The van der Waals surface area contributed by atoms with E-state index in [0.29, 0.717) is 23.2 Å². The Labute approximate surface area is 219 Å². The second-order valence-electron chi connectivity index (χ2n) is 10.9. The fourth-order valence-corrected chi connectivity index (χ4v) is 6.41. The number of halogens is 3. The van der Waals surface area contributed by atoms with Gasteiger partial charge < -0.3 is 15.5 Å². The molecule has 2 aromatic rings. The standard InChI is InChI=1S/C29H31F3N4O2/c1-33-13-2-3-14-35-17-23-24(26(35)37)25(18-7-9-19(10-8-18)28-12-11-21(28)16-28)34-27(38)36(23)22-6-4-5-20(15-22)29(30,31)32/h4-10,15,21,25,33H,2-3,11-14,16-17H2,1H3,(H,34,38)/t21?,25-,28?/m1/s1. The third-order valence-corrected chi connectivity index (χ3v) is 8.72. The van der Waals surface area contributed by atoms with Crippen LogP contribution < -0.4 is 15.5 Å². The fourth-order valence-electron chi connectivity index (χ4n) is 6.41. The number of nitrogens with zero attached hydrogens (tertiary/aromatic N) is 2. The highest BCUT2D eigenvalue weighted by Gasteiger charge is 2.61. The Morgan fingerprint density at radius 1 is 1.11 bits per heavy atom. The lowest BCUT2D eigenvalue weighted by molar-refractivity contribution is -0.137. The Morgan fingerprint density at radius 2 is 1.89 bits per heavy atom. The molecule has 200 valence electrons. The monoisotopic (exact) mass is 524 g/mol. The van der Waals surface area contributed by atoms with Gasteiger partial charge in [0.2, 0.25) is 0 Å². The zero-order valence-corrected chi connectivity index (χ0v) is 21.3. The van der Waals surface area contributed by atoms with Crippen molar-refractivity contribution in [2.24, 2.45) is 5.92 Å². The summed E-state index contributed by atoms with van der Waals surface area (Å²) in [5.41, 5.74) is 2.55. The van der Waals surface area contributed by atoms with Crippen LogP contribution in [0, 0.1) is 5.92 Å². The van der Waals surface area contributed by atoms with Gasteiger partial charge in [-0.05, 0) is 86.4 Å². The Balaban J connectivity index is 1.35. The van der Waals surface area contributed by atoms with Crippen LogP contribution in [0.4, 0.5) is 23.7 Å². The highest BCUT2D eigenvalue weighted by atomic mass is 19.4. The van der Waals surface area contributed by atoms with Crippen molar-refractivity contribution in [3.63, 3.8) is 0 Å². The fraction of sp³-hybridized carbons (Fsp3) is 0.448. The minimum Gasteiger partial charge on any atom is -0.333 e. The molecule has 0 radical (unpaired) electrons. The molecule has 0 saturated heterocycles. The van der Waals surface area contributed by atoms with E-state index < -0.39 is 23.8 Å². The molecule has 6 nitrogen and oxygen atoms in total. The van der Waals surface area contributed by atoms with E-state index in [2.05, 4.69) is 22.8 Å². The van der Waals surface area contributed by atoms with Crippen molar-refractivity contribution in [3.05, 3.63) is 76.5 Å². The first-order chi connectivity index (χ1) is 18.2. The zero-order chi connectivity index (χ0) is 26.7. The summed E-state index contributed by atoms with van der Waals surface area (Å²) in [6.07, 6.45) is 0.831. The van der Waals surface area contributed by atoms with Crippen molar-refractivity contribution < 1.29 is 22.8 Å². The molecule has 2 aliphatic carbocycles. The van der Waals surface area contributed by atoms with Gasteiger partial charge in [0.05, 0.1) is 35.1 Å². The van der Waals surface area contributed by atoms with Gasteiger partial charge in [-0.1, -0.05) is 30.3 Å². The number of hydrogen-bond donors (Lipinski definition) is 2. The number of benzene rings is 2. The lowest BCUT2D eigenvalue weighted by Gasteiger charge is -2.34. The van der Waals surface area contributed by atoms with Crippen molar-refractivity contribution in [3.8, 4) is 0 Å². The Hall–Kier alpha value is -3.33. The van der Waals surface area contributed by atoms with Crippen molar-refractivity contribution in [1.29, 1.82) is 0 Å². The van der Waals surface area contributed by atoms with E-state index in [-0.39, 0.29) is 18.1 Å². The third-order valence-electron chi connectivity index (χ3n) is 8.72. The maximum atomic E-state index is 13.7. The molecule has 4 aliphatic rings. The summed E-state index contributed by atoms with van der Waals surface area (Å²) in [7, 11) is 1.87. The number of carbonyl (C=O) groups excluding carboxylic acids is 2. The molecule has 2 heterocycles. The molecule has 9 heteroatoms. The molecule has 0 bridgehead atoms. The second kappa shape index (κ2) is 9.15. The van der Waals surface area contributed by atoms with E-state index in [1.54, 1.807) is 4.90 Å². The zero-order valence-electron chi connectivity index (χ0n) is 21.3. The molecule has 0 spiro atoms. The van der Waals surface area contributed by atoms with Gasteiger partial charge in [-0.2, -0.15) is 13.2 Å². The van der Waals surface area contributed by atoms with Crippen LogP contribution in [0.3, 0.4) is 0 Å². The summed E-state index contributed by atoms with van der Waals surface area (Å²) in [6.45, 7) is 1.51. The highest BCUT2D eigenvalue weighted by Crippen LogP contribution is 2.68. The number of urea groups is 1. The SMILES string of the molecule is CNCCCCN1CC2=C(C1=O)[C@@H](c1ccc(C34CCC3C4)cc1)NC(=O)N2c1cccc(C(F)(F)F)c1. The second-order valence-corrected chi connectivity index (χ2v) is 10.9. The van der Waals surface area contributed by atoms with Crippen LogP contribution in [0.15, 0.2) is 59.8 Å². The van der Waals surface area contributed by atoms with Crippen LogP contribution >= 0.6 is 0 Å². The van der Waals surface area contributed by atoms with Crippen LogP contribution in [0.2, 0.25) is 0 Å². The summed E-state index contributed by atoms with van der Waals surface area (Å²) in [6, 6.07) is 11.7. The van der Waals surface area contributed by atoms with Gasteiger partial charge in [0.25, 0.3) is 5.91 Å². The average molecular weight is 525 g/mol. The summed E-state index contributed by atoms with van der Waals surface area (Å²) < 4.78 is 40.4. The maximum Gasteiger partial charge on any atom is 0.416 e. The van der Waals surface area contributed by atoms with Crippen LogP contribution in [-0.4, -0.2) is 43.5 Å². The van der Waals surface area contributed by atoms with E-state index in [0.717, 1.165) is 43.0 Å². The normalized spacial score (nSPS) is 26.2. The predicted octanol–water partition coefficient (Wildman–Crippen LogP) is 5.12. The minimum atomic E-state index is -4.55. The molecular weight excluding hydrogens is 493 g/mol. The van der Waals surface area contributed by atoms with Gasteiger partial charge in [-0.15, -0.1) is 0 Å². The van der Waals surface area contributed by atoms with E-state index in [1.165, 1.54) is 41.9 Å². The molecular formula is C29H31F3N4O2. The first-order valence-corrected chi connectivity index (χ1v) is 13.3. The van der Waals surface area contributed by atoms with Crippen LogP contribution in [0.1, 0.15) is 54.8 Å². The minimum absolute atomic E-state index is 0.0901. The Bertz CT molecular complexity index is 1300. The van der Waals surface area contributed by atoms with Crippen molar-refractivity contribution in [1.82, 2.24) is 15.5 Å². The summed E-state index contributed by atoms with van der Waals surface area (Å²) in [5.74, 6) is 0.598. The molecule has 2 unspecified atom stereocenters. The van der Waals surface area contributed by atoms with Crippen molar-refractivity contribution in [2.75, 3.05) is 31.6 Å². The van der Waals surface area contributed by atoms with Gasteiger partial charge in [-0.25, -0.2) is 4.79 Å². The molecule has 6 rings (SSSR count). The quantitative estimate of drug-likeness (QED) is 0.471. The number of fused-ring (bicyclic) bond motifs is 1. The lowest BCUT2D eigenvalue weighted by Crippen LogP contribution is -2.47. The first-order valence-electron chi connectivity index (χ1n) is 13.3. The average Bonchev–Trinajstić information content (AvgIpc) is 3.27. The highest BCUT2D eigenvalue weighted by molar-refractivity contribution is 6.07. The number of unbranched alkanes of at least 4 members (excludes halogenated alkanes) is 1. The number of hydrogen-bond acceptors (Lipinski definition) is 3. The molecule has 38 heavy (non-hydrogen) atoms. The van der Waals surface area contributed by atoms with Gasteiger partial charge in [0.1, 0.15) is 0 Å². The van der Waals surface area contributed by atoms with Crippen LogP contribution in [-0.2, 0) is 16.4 Å². The summed E-state index contributed by atoms with van der Waals surface area (Å²) in [4.78, 5) is 30.1. The summed E-state index contributed by atoms with van der Waals surface area (Å²) in [5, 5.41) is 6.02. The smallest absolute Gasteiger partial charge is 0.333 e. The molecule has 2 aromatic carbocycles. The molecule has 2 aliphatic heterocycles. The van der Waals surface area contributed by atoms with Crippen LogP contribution in [0.5, 0.6) is 0 Å². The number of rotatable bonds is 8. The van der Waals surface area contributed by atoms with Crippen LogP contribution in [0.25, 0.3) is 0 Å². The molecule has 0 aromatic heterocycles. The van der Waals surface area contributed by atoms with E-state index >= 15 is 0 Å². The Kier molecular flexibility index (Phi) is 6.01. The van der Waals surface area contributed by atoms with E-state index in [4.69, 9.17) is 0 Å². The molecule has 3 atom stereocenters. The predicted molar refractivity (Wildman–Crippen MR) is 137 cm³/mol. The van der Waals surface area contributed by atoms with Gasteiger partial charge >= 0.3 is 12.2 Å². The van der Waals surface area contributed by atoms with Gasteiger partial charge in [-0.3, -0.25) is 9.69 Å². The Morgan fingerprint density at radius 3 is 2.53 bits per heavy atom. The third kappa shape index (κ3) is 4.08. The molecule has 2 saturated carbocycles. The maximum absolute atomic E-state index is 13.7. The van der Waals surface area contributed by atoms with Gasteiger partial charge in [0, 0.05) is 6.54 Å². The number of anilines is 1. The first kappa shape index (κ1) is 25.0. The lowest BCUT2D eigenvalue weighted by atomic mass is 9.78. The number of alkyl halides is 3.